The Morgan fingerprint density at radius 3 is 2.59 bits per heavy atom. The van der Waals surface area contributed by atoms with E-state index in [-0.39, 0.29) is 36.9 Å². The molecule has 1 aliphatic rings. The van der Waals surface area contributed by atoms with Gasteiger partial charge in [0, 0.05) is 32.7 Å². The second kappa shape index (κ2) is 13.7. The summed E-state index contributed by atoms with van der Waals surface area (Å²) in [6, 6.07) is 12.3. The number of amides is 2. The van der Waals surface area contributed by atoms with Gasteiger partial charge in [0.05, 0.1) is 30.0 Å². The van der Waals surface area contributed by atoms with Crippen molar-refractivity contribution in [1.82, 2.24) is 20.0 Å². The molecule has 0 radical (unpaired) electrons. The van der Waals surface area contributed by atoms with Crippen LogP contribution in [0, 0.1) is 18.6 Å². The topological polar surface area (TPSA) is 101 Å². The number of ether oxygens (including phenoxy) is 2. The lowest BCUT2D eigenvalue weighted by Crippen LogP contribution is -2.42. The number of benzene rings is 2. The molecule has 39 heavy (non-hydrogen) atoms. The number of hydrogen-bond donors (Lipinski definition) is 3. The molecule has 1 aliphatic heterocycles. The van der Waals surface area contributed by atoms with E-state index in [1.54, 1.807) is 31.7 Å². The molecule has 0 bridgehead atoms. The maximum atomic E-state index is 14.0. The lowest BCUT2D eigenvalue weighted by Gasteiger charge is -2.21. The summed E-state index contributed by atoms with van der Waals surface area (Å²) >= 11 is 0. The third-order valence-corrected chi connectivity index (χ3v) is 6.47. The number of hydrogen-bond acceptors (Lipinski definition) is 6. The van der Waals surface area contributed by atoms with Gasteiger partial charge in [0.1, 0.15) is 12.4 Å². The summed E-state index contributed by atoms with van der Waals surface area (Å²) in [4.78, 5) is 15.4. The first-order chi connectivity index (χ1) is 18.3. The number of anilines is 1. The van der Waals surface area contributed by atoms with Gasteiger partial charge in [-0.05, 0) is 43.7 Å². The molecule has 1 fully saturated rings. The Hall–Kier alpha value is -3.25. The molecule has 212 valence electrons. The summed E-state index contributed by atoms with van der Waals surface area (Å²) in [5.41, 5.74) is 1.91. The van der Waals surface area contributed by atoms with Crippen LogP contribution in [0.3, 0.4) is 0 Å². The van der Waals surface area contributed by atoms with Gasteiger partial charge in [0.25, 0.3) is 0 Å². The van der Waals surface area contributed by atoms with Crippen LogP contribution in [0.1, 0.15) is 24.0 Å². The highest BCUT2D eigenvalue weighted by atomic mass is 35.5. The van der Waals surface area contributed by atoms with E-state index in [1.165, 1.54) is 6.07 Å². The van der Waals surface area contributed by atoms with E-state index in [0.29, 0.717) is 48.9 Å². The molecule has 2 aromatic carbocycles. The number of aliphatic hydroxyl groups is 1. The molecule has 3 atom stereocenters. The summed E-state index contributed by atoms with van der Waals surface area (Å²) in [7, 11) is 1.61. The van der Waals surface area contributed by atoms with Gasteiger partial charge in [-0.1, -0.05) is 24.3 Å². The van der Waals surface area contributed by atoms with Crippen molar-refractivity contribution >= 4 is 24.3 Å². The molecule has 0 unspecified atom stereocenters. The van der Waals surface area contributed by atoms with E-state index in [9.17, 15) is 18.7 Å². The predicted octanol–water partition coefficient (Wildman–Crippen LogP) is 3.88. The van der Waals surface area contributed by atoms with E-state index in [1.807, 2.05) is 30.3 Å². The van der Waals surface area contributed by atoms with Crippen molar-refractivity contribution in [3.8, 4) is 11.6 Å². The number of nitrogens with one attached hydrogen (secondary N) is 2. The van der Waals surface area contributed by atoms with Crippen LogP contribution in [0.5, 0.6) is 5.88 Å². The molecule has 9 nitrogen and oxygen atoms in total. The van der Waals surface area contributed by atoms with E-state index >= 15 is 0 Å². The van der Waals surface area contributed by atoms with Crippen molar-refractivity contribution in [1.29, 1.82) is 0 Å². The Kier molecular flexibility index (Phi) is 10.6. The first-order valence-corrected chi connectivity index (χ1v) is 12.5. The molecule has 4 rings (SSSR count). The van der Waals surface area contributed by atoms with Crippen LogP contribution >= 0.6 is 12.4 Å². The van der Waals surface area contributed by atoms with Crippen LogP contribution in [0.25, 0.3) is 5.69 Å². The maximum absolute atomic E-state index is 14.0. The van der Waals surface area contributed by atoms with Crippen LogP contribution in [0.15, 0.2) is 48.5 Å². The Balaban J connectivity index is 0.00000420. The summed E-state index contributed by atoms with van der Waals surface area (Å²) in [5.74, 6) is -1.39. The second-order valence-electron chi connectivity index (χ2n) is 9.42. The normalized spacial score (nSPS) is 17.9. The average molecular weight is 566 g/mol. The minimum Gasteiger partial charge on any atom is -0.474 e. The molecule has 2 amide bonds. The molecule has 0 aliphatic carbocycles. The molecule has 3 aromatic rings. The first-order valence-electron chi connectivity index (χ1n) is 12.5. The van der Waals surface area contributed by atoms with Gasteiger partial charge < -0.3 is 19.9 Å². The summed E-state index contributed by atoms with van der Waals surface area (Å²) in [5, 5.41) is 20.0. The van der Waals surface area contributed by atoms with Gasteiger partial charge in [-0.2, -0.15) is 0 Å². The van der Waals surface area contributed by atoms with Crippen LogP contribution < -0.4 is 15.4 Å². The average Bonchev–Trinajstić information content (AvgIpc) is 3.44. The molecule has 0 saturated carbocycles. The smallest absolute Gasteiger partial charge is 0.320 e. The lowest BCUT2D eigenvalue weighted by molar-refractivity contribution is 0.119. The third kappa shape index (κ3) is 7.45. The van der Waals surface area contributed by atoms with E-state index in [4.69, 9.17) is 9.47 Å². The number of aromatic nitrogens is 2. The highest BCUT2D eigenvalue weighted by molar-refractivity contribution is 5.90. The number of para-hydroxylation sites is 1. The first kappa shape index (κ1) is 30.3. The molecule has 3 N–H and O–H groups in total. The number of aliphatic hydroxyl groups excluding tert-OH is 1. The van der Waals surface area contributed by atoms with Gasteiger partial charge in [0.2, 0.25) is 5.88 Å². The van der Waals surface area contributed by atoms with Crippen molar-refractivity contribution in [3.05, 3.63) is 71.3 Å². The maximum Gasteiger partial charge on any atom is 0.320 e. The molecule has 1 saturated heterocycles. The van der Waals surface area contributed by atoms with Gasteiger partial charge >= 0.3 is 6.03 Å². The monoisotopic (exact) mass is 565 g/mol. The number of rotatable bonds is 10. The fourth-order valence-corrected chi connectivity index (χ4v) is 4.54. The highest BCUT2D eigenvalue weighted by Gasteiger charge is 2.35. The Labute approximate surface area is 232 Å². The molecule has 2 heterocycles. The number of carbonyl (C=O) groups excluding carboxylic acids is 1. The summed E-state index contributed by atoms with van der Waals surface area (Å²) < 4.78 is 40.0. The predicted molar refractivity (Wildman–Crippen MR) is 146 cm³/mol. The largest absolute Gasteiger partial charge is 0.474 e. The highest BCUT2D eigenvalue weighted by Crippen LogP contribution is 2.31. The van der Waals surface area contributed by atoms with Gasteiger partial charge in [-0.15, -0.1) is 17.5 Å². The number of carbonyl (C=O) groups is 1. The zero-order valence-corrected chi connectivity index (χ0v) is 22.9. The zero-order chi connectivity index (χ0) is 27.2. The third-order valence-electron chi connectivity index (χ3n) is 6.47. The van der Waals surface area contributed by atoms with Crippen LogP contribution in [0.4, 0.5) is 19.4 Å². The van der Waals surface area contributed by atoms with Gasteiger partial charge in [-0.3, -0.25) is 10.2 Å². The number of methoxy groups -OCH3 is 1. The van der Waals surface area contributed by atoms with E-state index in [0.717, 1.165) is 6.07 Å². The number of halogens is 3. The Bertz CT molecular complexity index is 1240. The van der Waals surface area contributed by atoms with Gasteiger partial charge in [0.15, 0.2) is 11.6 Å². The standard InChI is InChI=1S/C27H33F2N5O4.ClH/c1-17(35)16-38-26-18(2)25(34(32-26)20-7-5-4-6-8-20)31-27(36)30-24-15-33(11-12-37-3)14-21(24)19-9-10-22(28)23(29)13-19;/h4-10,13,17,21,24,35H,11-12,14-16H2,1-3H3,(H2,30,31,36);1H/t17-,21-,24+;/m0./s1. The lowest BCUT2D eigenvalue weighted by atomic mass is 9.94. The van der Waals surface area contributed by atoms with Gasteiger partial charge in [-0.25, -0.2) is 18.3 Å². The molecular formula is C27H34ClF2N5O4. The quantitative estimate of drug-likeness (QED) is 0.345. The minimum atomic E-state index is -0.923. The second-order valence-corrected chi connectivity index (χ2v) is 9.42. The SMILES string of the molecule is COCCN1C[C@@H](NC(=O)Nc2c(C)c(OC[C@H](C)O)nn2-c2ccccc2)[C@H](c2ccc(F)c(F)c2)C1.Cl. The van der Waals surface area contributed by atoms with Crippen molar-refractivity contribution in [3.63, 3.8) is 0 Å². The van der Waals surface area contributed by atoms with Crippen molar-refractivity contribution in [2.75, 3.05) is 45.3 Å². The molecule has 0 spiro atoms. The van der Waals surface area contributed by atoms with E-state index < -0.39 is 23.8 Å². The van der Waals surface area contributed by atoms with Crippen LogP contribution in [-0.2, 0) is 4.74 Å². The van der Waals surface area contributed by atoms with Crippen molar-refractivity contribution in [2.24, 2.45) is 0 Å². The number of urea groups is 1. The van der Waals surface area contributed by atoms with Crippen molar-refractivity contribution in [2.45, 2.75) is 31.9 Å². The molecule has 1 aromatic heterocycles. The minimum absolute atomic E-state index is 0. The number of nitrogens with zero attached hydrogens (tertiary/aromatic N) is 3. The number of likely N-dealkylation sites (tertiary alicyclic amines) is 1. The van der Waals surface area contributed by atoms with Crippen LogP contribution in [-0.4, -0.2) is 77.9 Å². The fourth-order valence-electron chi connectivity index (χ4n) is 4.54. The molecule has 12 heteroatoms. The van der Waals surface area contributed by atoms with Crippen LogP contribution in [0.2, 0.25) is 0 Å². The van der Waals surface area contributed by atoms with Crippen molar-refractivity contribution < 1.29 is 28.2 Å². The Morgan fingerprint density at radius 2 is 1.92 bits per heavy atom. The zero-order valence-electron chi connectivity index (χ0n) is 22.1. The van der Waals surface area contributed by atoms with E-state index in [2.05, 4.69) is 20.6 Å². The summed E-state index contributed by atoms with van der Waals surface area (Å²) in [6.07, 6.45) is -0.687. The molecular weight excluding hydrogens is 532 g/mol. The Morgan fingerprint density at radius 1 is 1.18 bits per heavy atom. The fraction of sp³-hybridized carbons (Fsp3) is 0.407. The summed E-state index contributed by atoms with van der Waals surface area (Å²) in [6.45, 7) is 5.64.